The van der Waals surface area contributed by atoms with Crippen LogP contribution in [0.25, 0.3) is 0 Å². The first-order valence-corrected chi connectivity index (χ1v) is 6.87. The van der Waals surface area contributed by atoms with Crippen molar-refractivity contribution < 1.29 is 9.26 Å². The van der Waals surface area contributed by atoms with Crippen molar-refractivity contribution in [2.75, 3.05) is 38.2 Å². The minimum atomic E-state index is 0.588. The van der Waals surface area contributed by atoms with Crippen molar-refractivity contribution in [2.24, 2.45) is 0 Å². The fourth-order valence-corrected chi connectivity index (χ4v) is 2.36. The molecule has 8 heteroatoms. The summed E-state index contributed by atoms with van der Waals surface area (Å²) in [5, 5.41) is 3.93. The molecule has 21 heavy (non-hydrogen) atoms. The minimum Gasteiger partial charge on any atom is -0.481 e. The second kappa shape index (κ2) is 6.04. The van der Waals surface area contributed by atoms with Gasteiger partial charge in [0.2, 0.25) is 11.8 Å². The molecule has 0 saturated carbocycles. The van der Waals surface area contributed by atoms with Crippen LogP contribution in [0, 0.1) is 6.92 Å². The van der Waals surface area contributed by atoms with Crippen molar-refractivity contribution in [1.29, 1.82) is 0 Å². The number of aryl methyl sites for hydroxylation is 1. The second-order valence-electron chi connectivity index (χ2n) is 4.91. The number of anilines is 1. The van der Waals surface area contributed by atoms with Gasteiger partial charge in [0, 0.05) is 39.2 Å². The van der Waals surface area contributed by atoms with E-state index in [0.29, 0.717) is 11.8 Å². The molecule has 0 atom stereocenters. The highest BCUT2D eigenvalue weighted by Gasteiger charge is 2.20. The normalized spacial score (nSPS) is 16.2. The lowest BCUT2D eigenvalue weighted by molar-refractivity contribution is 0.239. The highest BCUT2D eigenvalue weighted by molar-refractivity contribution is 5.41. The Balaban J connectivity index is 1.57. The van der Waals surface area contributed by atoms with Gasteiger partial charge in [-0.3, -0.25) is 4.90 Å². The van der Waals surface area contributed by atoms with Gasteiger partial charge < -0.3 is 14.2 Å². The largest absolute Gasteiger partial charge is 0.481 e. The van der Waals surface area contributed by atoms with Crippen LogP contribution in [0.4, 0.5) is 5.82 Å². The Hall–Kier alpha value is -2.22. The summed E-state index contributed by atoms with van der Waals surface area (Å²) in [5.74, 6) is 2.84. The van der Waals surface area contributed by atoms with E-state index in [-0.39, 0.29) is 0 Å². The Labute approximate surface area is 122 Å². The van der Waals surface area contributed by atoms with Crippen LogP contribution in [-0.2, 0) is 6.54 Å². The molecule has 3 rings (SSSR count). The van der Waals surface area contributed by atoms with E-state index >= 15 is 0 Å². The Morgan fingerprint density at radius 2 is 2.05 bits per heavy atom. The molecule has 3 heterocycles. The maximum atomic E-state index is 5.13. The van der Waals surface area contributed by atoms with Crippen molar-refractivity contribution in [3.8, 4) is 5.88 Å². The van der Waals surface area contributed by atoms with Gasteiger partial charge in [-0.1, -0.05) is 5.16 Å². The van der Waals surface area contributed by atoms with Crippen molar-refractivity contribution in [1.82, 2.24) is 25.0 Å². The third-order valence-electron chi connectivity index (χ3n) is 3.47. The summed E-state index contributed by atoms with van der Waals surface area (Å²) >= 11 is 0. The van der Waals surface area contributed by atoms with E-state index in [1.165, 1.54) is 6.33 Å². The molecule has 2 aromatic rings. The number of methoxy groups -OCH3 is 1. The maximum absolute atomic E-state index is 5.13. The van der Waals surface area contributed by atoms with Crippen LogP contribution >= 0.6 is 0 Å². The van der Waals surface area contributed by atoms with E-state index in [0.717, 1.165) is 44.4 Å². The van der Waals surface area contributed by atoms with Gasteiger partial charge in [0.25, 0.3) is 0 Å². The number of nitrogens with zero attached hydrogens (tertiary/aromatic N) is 6. The van der Waals surface area contributed by atoms with Crippen LogP contribution in [0.2, 0.25) is 0 Å². The molecule has 1 aliphatic heterocycles. The Bertz CT molecular complexity index is 594. The molecule has 0 aromatic carbocycles. The van der Waals surface area contributed by atoms with Crippen LogP contribution in [0.3, 0.4) is 0 Å². The highest BCUT2D eigenvalue weighted by Crippen LogP contribution is 2.17. The van der Waals surface area contributed by atoms with Crippen LogP contribution < -0.4 is 9.64 Å². The summed E-state index contributed by atoms with van der Waals surface area (Å²) in [7, 11) is 1.61. The van der Waals surface area contributed by atoms with Crippen LogP contribution in [0.15, 0.2) is 16.9 Å². The zero-order valence-electron chi connectivity index (χ0n) is 12.2. The second-order valence-corrected chi connectivity index (χ2v) is 4.91. The first kappa shape index (κ1) is 13.7. The number of hydrogen-bond donors (Lipinski definition) is 0. The average Bonchev–Trinajstić information content (AvgIpc) is 2.93. The predicted molar refractivity (Wildman–Crippen MR) is 75.1 cm³/mol. The van der Waals surface area contributed by atoms with E-state index in [4.69, 9.17) is 9.26 Å². The molecule has 1 saturated heterocycles. The number of piperazine rings is 1. The van der Waals surface area contributed by atoms with Gasteiger partial charge in [-0.25, -0.2) is 9.97 Å². The molecule has 1 fully saturated rings. The number of hydrogen-bond acceptors (Lipinski definition) is 8. The van der Waals surface area contributed by atoms with Gasteiger partial charge >= 0.3 is 0 Å². The molecule has 8 nitrogen and oxygen atoms in total. The lowest BCUT2D eigenvalue weighted by atomic mass is 10.3. The molecule has 2 aromatic heterocycles. The van der Waals surface area contributed by atoms with E-state index in [9.17, 15) is 0 Å². The van der Waals surface area contributed by atoms with Crippen molar-refractivity contribution in [3.05, 3.63) is 24.1 Å². The first-order valence-electron chi connectivity index (χ1n) is 6.87. The number of rotatable bonds is 4. The molecule has 0 unspecified atom stereocenters. The highest BCUT2D eigenvalue weighted by atomic mass is 16.5. The summed E-state index contributed by atoms with van der Waals surface area (Å²) in [6.45, 7) is 6.18. The van der Waals surface area contributed by atoms with E-state index < -0.39 is 0 Å². The van der Waals surface area contributed by atoms with E-state index in [1.807, 2.05) is 6.07 Å². The van der Waals surface area contributed by atoms with Crippen LogP contribution in [0.1, 0.15) is 11.7 Å². The maximum Gasteiger partial charge on any atom is 0.223 e. The predicted octanol–water partition coefficient (Wildman–Crippen LogP) is 0.499. The fourth-order valence-electron chi connectivity index (χ4n) is 2.36. The third-order valence-corrected chi connectivity index (χ3v) is 3.47. The fraction of sp³-hybridized carbons (Fsp3) is 0.538. The smallest absolute Gasteiger partial charge is 0.223 e. The van der Waals surface area contributed by atoms with Gasteiger partial charge in [0.1, 0.15) is 12.1 Å². The number of ether oxygens (including phenoxy) is 1. The van der Waals surface area contributed by atoms with Crippen LogP contribution in [0.5, 0.6) is 5.88 Å². The zero-order valence-corrected chi connectivity index (χ0v) is 12.2. The van der Waals surface area contributed by atoms with E-state index in [1.54, 1.807) is 14.0 Å². The third kappa shape index (κ3) is 3.27. The molecule has 0 amide bonds. The molecule has 0 radical (unpaired) electrons. The van der Waals surface area contributed by atoms with E-state index in [2.05, 4.69) is 29.9 Å². The average molecular weight is 290 g/mol. The summed E-state index contributed by atoms with van der Waals surface area (Å²) in [4.78, 5) is 17.1. The molecular formula is C13H18N6O2. The monoisotopic (exact) mass is 290 g/mol. The Kier molecular flexibility index (Phi) is 3.96. The summed E-state index contributed by atoms with van der Waals surface area (Å²) in [6, 6.07) is 1.86. The number of aromatic nitrogens is 4. The summed E-state index contributed by atoms with van der Waals surface area (Å²) < 4.78 is 10.1. The van der Waals surface area contributed by atoms with Crippen LogP contribution in [-0.4, -0.2) is 58.3 Å². The molecule has 112 valence electrons. The lowest BCUT2D eigenvalue weighted by Crippen LogP contribution is -2.46. The molecule has 0 aliphatic carbocycles. The Morgan fingerprint density at radius 3 is 2.71 bits per heavy atom. The molecule has 0 spiro atoms. The van der Waals surface area contributed by atoms with Gasteiger partial charge in [0.05, 0.1) is 13.7 Å². The summed E-state index contributed by atoms with van der Waals surface area (Å²) in [5.41, 5.74) is 0. The molecule has 0 bridgehead atoms. The molecule has 1 aliphatic rings. The standard InChI is InChI=1S/C13H18N6O2/c1-10-16-11(17-21-10)8-18-3-5-19(6-4-18)12-7-13(20-2)15-9-14-12/h7,9H,3-6,8H2,1-2H3. The van der Waals surface area contributed by atoms with Gasteiger partial charge in [-0.2, -0.15) is 4.98 Å². The lowest BCUT2D eigenvalue weighted by Gasteiger charge is -2.34. The first-order chi connectivity index (χ1) is 10.2. The summed E-state index contributed by atoms with van der Waals surface area (Å²) in [6.07, 6.45) is 1.53. The zero-order chi connectivity index (χ0) is 14.7. The van der Waals surface area contributed by atoms with Crippen molar-refractivity contribution >= 4 is 5.82 Å². The van der Waals surface area contributed by atoms with Crippen molar-refractivity contribution in [2.45, 2.75) is 13.5 Å². The Morgan fingerprint density at radius 1 is 1.24 bits per heavy atom. The quantitative estimate of drug-likeness (QED) is 0.805. The molecule has 0 N–H and O–H groups in total. The van der Waals surface area contributed by atoms with Crippen molar-refractivity contribution in [3.63, 3.8) is 0 Å². The van der Waals surface area contributed by atoms with Gasteiger partial charge in [-0.05, 0) is 0 Å². The molecular weight excluding hydrogens is 272 g/mol. The minimum absolute atomic E-state index is 0.588. The van der Waals surface area contributed by atoms with Gasteiger partial charge in [0.15, 0.2) is 5.82 Å². The SMILES string of the molecule is COc1cc(N2CCN(Cc3noc(C)n3)CC2)ncn1. The topological polar surface area (TPSA) is 80.4 Å². The van der Waals surface area contributed by atoms with Gasteiger partial charge in [-0.15, -0.1) is 0 Å².